The van der Waals surface area contributed by atoms with Crippen LogP contribution in [0.5, 0.6) is 0 Å². The Hall–Kier alpha value is -0.280. The van der Waals surface area contributed by atoms with Gasteiger partial charge < -0.3 is 4.98 Å². The van der Waals surface area contributed by atoms with Crippen molar-refractivity contribution in [3.63, 3.8) is 0 Å². The predicted molar refractivity (Wildman–Crippen MR) is 63.2 cm³/mol. The predicted octanol–water partition coefficient (Wildman–Crippen LogP) is 4.31. The monoisotopic (exact) mass is 301 g/mol. The SMILES string of the molecule is Cc1[nH]c2c(Br)cc(Br)cc2c1C. The second-order valence-corrected chi connectivity index (χ2v) is 4.96. The van der Waals surface area contributed by atoms with Crippen molar-refractivity contribution >= 4 is 42.8 Å². The molecule has 1 aromatic heterocycles. The van der Waals surface area contributed by atoms with Gasteiger partial charge in [-0.1, -0.05) is 15.9 Å². The number of benzene rings is 1. The maximum Gasteiger partial charge on any atom is 0.0603 e. The van der Waals surface area contributed by atoms with Crippen LogP contribution in [0.2, 0.25) is 0 Å². The van der Waals surface area contributed by atoms with E-state index in [9.17, 15) is 0 Å². The van der Waals surface area contributed by atoms with Crippen LogP contribution in [-0.2, 0) is 0 Å². The van der Waals surface area contributed by atoms with Crippen LogP contribution in [0.4, 0.5) is 0 Å². The molecule has 0 unspecified atom stereocenters. The molecule has 13 heavy (non-hydrogen) atoms. The van der Waals surface area contributed by atoms with Gasteiger partial charge in [0.05, 0.1) is 5.52 Å². The van der Waals surface area contributed by atoms with Crippen molar-refractivity contribution < 1.29 is 0 Å². The van der Waals surface area contributed by atoms with Crippen LogP contribution < -0.4 is 0 Å². The van der Waals surface area contributed by atoms with Crippen molar-refractivity contribution in [2.45, 2.75) is 13.8 Å². The Balaban J connectivity index is 2.94. The van der Waals surface area contributed by atoms with Gasteiger partial charge in [0.2, 0.25) is 0 Å². The molecule has 1 aromatic carbocycles. The maximum atomic E-state index is 3.53. The molecule has 0 aliphatic heterocycles. The Bertz CT molecular complexity index is 471. The molecular weight excluding hydrogens is 294 g/mol. The lowest BCUT2D eigenvalue weighted by Gasteiger charge is -1.96. The minimum absolute atomic E-state index is 1.10. The Labute approximate surface area is 93.8 Å². The summed E-state index contributed by atoms with van der Waals surface area (Å²) in [6.45, 7) is 4.22. The highest BCUT2D eigenvalue weighted by molar-refractivity contribution is 9.11. The van der Waals surface area contributed by atoms with Gasteiger partial charge in [0.1, 0.15) is 0 Å². The van der Waals surface area contributed by atoms with Gasteiger partial charge in [-0.05, 0) is 47.5 Å². The Morgan fingerprint density at radius 1 is 1.15 bits per heavy atom. The molecule has 2 aromatic rings. The average Bonchev–Trinajstić information content (AvgIpc) is 2.32. The molecule has 0 saturated carbocycles. The van der Waals surface area contributed by atoms with Gasteiger partial charge in [0.25, 0.3) is 0 Å². The van der Waals surface area contributed by atoms with E-state index in [-0.39, 0.29) is 0 Å². The number of rotatable bonds is 0. The summed E-state index contributed by atoms with van der Waals surface area (Å²) in [5.41, 5.74) is 3.73. The molecule has 0 atom stereocenters. The average molecular weight is 303 g/mol. The Morgan fingerprint density at radius 3 is 2.54 bits per heavy atom. The molecule has 0 amide bonds. The number of H-pyrrole nitrogens is 1. The fourth-order valence-corrected chi connectivity index (χ4v) is 2.80. The highest BCUT2D eigenvalue weighted by Crippen LogP contribution is 2.31. The van der Waals surface area contributed by atoms with Crippen molar-refractivity contribution in [2.24, 2.45) is 0 Å². The number of hydrogen-bond donors (Lipinski definition) is 1. The molecule has 0 fully saturated rings. The first-order chi connectivity index (χ1) is 6.09. The van der Waals surface area contributed by atoms with Gasteiger partial charge in [-0.3, -0.25) is 0 Å². The number of aromatic amines is 1. The molecule has 0 aliphatic carbocycles. The van der Waals surface area contributed by atoms with Crippen LogP contribution in [0.3, 0.4) is 0 Å². The van der Waals surface area contributed by atoms with Crippen molar-refractivity contribution in [1.82, 2.24) is 4.98 Å². The molecule has 0 aliphatic rings. The lowest BCUT2D eigenvalue weighted by atomic mass is 10.2. The van der Waals surface area contributed by atoms with Gasteiger partial charge in [0.15, 0.2) is 0 Å². The van der Waals surface area contributed by atoms with Crippen LogP contribution in [0.15, 0.2) is 21.1 Å². The number of aryl methyl sites for hydroxylation is 2. The third kappa shape index (κ3) is 1.44. The zero-order valence-electron chi connectivity index (χ0n) is 7.41. The molecule has 1 nitrogen and oxygen atoms in total. The van der Waals surface area contributed by atoms with Crippen molar-refractivity contribution in [3.05, 3.63) is 32.3 Å². The highest BCUT2D eigenvalue weighted by Gasteiger charge is 2.07. The van der Waals surface area contributed by atoms with E-state index in [2.05, 4.69) is 62.8 Å². The largest absolute Gasteiger partial charge is 0.357 e. The van der Waals surface area contributed by atoms with Crippen molar-refractivity contribution in [2.75, 3.05) is 0 Å². The Morgan fingerprint density at radius 2 is 1.85 bits per heavy atom. The zero-order chi connectivity index (χ0) is 9.59. The first-order valence-electron chi connectivity index (χ1n) is 4.03. The number of nitrogens with one attached hydrogen (secondary N) is 1. The molecule has 0 saturated heterocycles. The fraction of sp³-hybridized carbons (Fsp3) is 0.200. The second-order valence-electron chi connectivity index (χ2n) is 3.19. The summed E-state index contributed by atoms with van der Waals surface area (Å²) in [7, 11) is 0. The van der Waals surface area contributed by atoms with E-state index >= 15 is 0 Å². The van der Waals surface area contributed by atoms with Crippen LogP contribution in [0.1, 0.15) is 11.3 Å². The van der Waals surface area contributed by atoms with E-state index in [1.165, 1.54) is 22.2 Å². The summed E-state index contributed by atoms with van der Waals surface area (Å²) in [6.07, 6.45) is 0. The van der Waals surface area contributed by atoms with E-state index in [0.717, 1.165) is 8.95 Å². The molecule has 3 heteroatoms. The van der Waals surface area contributed by atoms with Gasteiger partial charge >= 0.3 is 0 Å². The minimum Gasteiger partial charge on any atom is -0.357 e. The highest BCUT2D eigenvalue weighted by atomic mass is 79.9. The van der Waals surface area contributed by atoms with Crippen LogP contribution in [0, 0.1) is 13.8 Å². The van der Waals surface area contributed by atoms with Crippen molar-refractivity contribution in [3.8, 4) is 0 Å². The number of hydrogen-bond acceptors (Lipinski definition) is 0. The van der Waals surface area contributed by atoms with E-state index in [1.54, 1.807) is 0 Å². The first kappa shape index (κ1) is 9.28. The summed E-state index contributed by atoms with van der Waals surface area (Å²) in [4.78, 5) is 3.35. The number of halogens is 2. The van der Waals surface area contributed by atoms with Gasteiger partial charge in [-0.2, -0.15) is 0 Å². The lowest BCUT2D eigenvalue weighted by Crippen LogP contribution is -1.72. The zero-order valence-corrected chi connectivity index (χ0v) is 10.6. The summed E-state index contributed by atoms with van der Waals surface area (Å²) in [5.74, 6) is 0. The smallest absolute Gasteiger partial charge is 0.0603 e. The number of aromatic nitrogens is 1. The second kappa shape index (κ2) is 3.14. The third-order valence-corrected chi connectivity index (χ3v) is 3.42. The lowest BCUT2D eigenvalue weighted by molar-refractivity contribution is 1.25. The molecule has 1 N–H and O–H groups in total. The maximum absolute atomic E-state index is 3.53. The van der Waals surface area contributed by atoms with Gasteiger partial charge in [-0.25, -0.2) is 0 Å². The van der Waals surface area contributed by atoms with E-state index in [0.29, 0.717) is 0 Å². The van der Waals surface area contributed by atoms with Crippen LogP contribution in [-0.4, -0.2) is 4.98 Å². The van der Waals surface area contributed by atoms with E-state index in [4.69, 9.17) is 0 Å². The standard InChI is InChI=1S/C10H9Br2N/c1-5-6(2)13-10-8(5)3-7(11)4-9(10)12/h3-4,13H,1-2H3. The quantitative estimate of drug-likeness (QED) is 0.746. The first-order valence-corrected chi connectivity index (χ1v) is 5.62. The molecule has 0 radical (unpaired) electrons. The number of fused-ring (bicyclic) bond motifs is 1. The Kier molecular flexibility index (Phi) is 2.24. The molecule has 0 spiro atoms. The fourth-order valence-electron chi connectivity index (χ4n) is 1.48. The van der Waals surface area contributed by atoms with Crippen LogP contribution in [0.25, 0.3) is 10.9 Å². The minimum atomic E-state index is 1.10. The third-order valence-electron chi connectivity index (χ3n) is 2.33. The molecule has 0 bridgehead atoms. The van der Waals surface area contributed by atoms with Crippen LogP contribution >= 0.6 is 31.9 Å². The molecular formula is C10H9Br2N. The topological polar surface area (TPSA) is 15.8 Å². The van der Waals surface area contributed by atoms with E-state index < -0.39 is 0 Å². The normalized spacial score (nSPS) is 11.1. The molecule has 1 heterocycles. The van der Waals surface area contributed by atoms with Gasteiger partial charge in [0, 0.05) is 20.0 Å². The molecule has 2 rings (SSSR count). The van der Waals surface area contributed by atoms with Gasteiger partial charge in [-0.15, -0.1) is 0 Å². The summed E-state index contributed by atoms with van der Waals surface area (Å²) in [5, 5.41) is 1.28. The van der Waals surface area contributed by atoms with Crippen molar-refractivity contribution in [1.29, 1.82) is 0 Å². The summed E-state index contributed by atoms with van der Waals surface area (Å²) >= 11 is 7.02. The summed E-state index contributed by atoms with van der Waals surface area (Å²) < 4.78 is 2.21. The van der Waals surface area contributed by atoms with E-state index in [1.807, 2.05) is 0 Å². The summed E-state index contributed by atoms with van der Waals surface area (Å²) in [6, 6.07) is 4.19. The molecule has 68 valence electrons.